The Morgan fingerprint density at radius 2 is 1.92 bits per heavy atom. The van der Waals surface area contributed by atoms with E-state index in [0.29, 0.717) is 5.69 Å². The van der Waals surface area contributed by atoms with E-state index in [1.165, 1.54) is 0 Å². The number of halogens is 2. The molecule has 2 N–H and O–H groups in total. The molecule has 0 radical (unpaired) electrons. The van der Waals surface area contributed by atoms with E-state index < -0.39 is 6.09 Å². The zero-order valence-electron chi connectivity index (χ0n) is 13.5. The van der Waals surface area contributed by atoms with Crippen molar-refractivity contribution in [3.05, 3.63) is 40.9 Å². The Balaban J connectivity index is 1.68. The number of nitrogens with one attached hydrogen (secondary N) is 2. The summed E-state index contributed by atoms with van der Waals surface area (Å²) in [5.41, 5.74) is 0.476. The minimum absolute atomic E-state index is 0.0183. The van der Waals surface area contributed by atoms with E-state index >= 15 is 0 Å². The summed E-state index contributed by atoms with van der Waals surface area (Å²) in [6.07, 6.45) is 1.13. The molecule has 0 spiro atoms. The Bertz CT molecular complexity index is 628. The molecule has 0 heterocycles. The highest BCUT2D eigenvalue weighted by Crippen LogP contribution is 2.59. The van der Waals surface area contributed by atoms with Crippen molar-refractivity contribution in [3.63, 3.8) is 0 Å². The summed E-state index contributed by atoms with van der Waals surface area (Å²) >= 11 is 11.3. The molecule has 2 atom stereocenters. The van der Waals surface area contributed by atoms with Gasteiger partial charge < -0.3 is 10.1 Å². The van der Waals surface area contributed by atoms with Gasteiger partial charge in [-0.3, -0.25) is 10.1 Å². The molecule has 1 fully saturated rings. The lowest BCUT2D eigenvalue weighted by Gasteiger charge is -2.08. The third kappa shape index (κ3) is 4.89. The van der Waals surface area contributed by atoms with Gasteiger partial charge in [0.2, 0.25) is 5.91 Å². The molecule has 0 bridgehead atoms. The molecule has 1 aliphatic carbocycles. The number of amides is 2. The van der Waals surface area contributed by atoms with E-state index in [1.807, 2.05) is 32.0 Å². The monoisotopic (exact) mass is 370 g/mol. The second kappa shape index (κ2) is 7.90. The highest BCUT2D eigenvalue weighted by Gasteiger charge is 2.60. The van der Waals surface area contributed by atoms with Gasteiger partial charge >= 0.3 is 6.09 Å². The quantitative estimate of drug-likeness (QED) is 0.745. The van der Waals surface area contributed by atoms with Crippen LogP contribution in [-0.2, 0) is 9.53 Å². The molecule has 1 aromatic rings. The van der Waals surface area contributed by atoms with Crippen LogP contribution in [0.1, 0.15) is 13.8 Å². The lowest BCUT2D eigenvalue weighted by Crippen LogP contribution is -2.31. The number of carbonyl (C=O) groups excluding carboxylic acids is 2. The minimum atomic E-state index is -0.558. The maximum absolute atomic E-state index is 12.2. The second-order valence-electron chi connectivity index (χ2n) is 6.20. The smallest absolute Gasteiger partial charge is 0.411 e. The van der Waals surface area contributed by atoms with E-state index in [4.69, 9.17) is 27.9 Å². The summed E-state index contributed by atoms with van der Waals surface area (Å²) in [4.78, 5) is 23.8. The number of anilines is 1. The highest BCUT2D eigenvalue weighted by atomic mass is 35.5. The number of carbonyl (C=O) groups is 2. The fourth-order valence-corrected chi connectivity index (χ4v) is 3.00. The van der Waals surface area contributed by atoms with Crippen molar-refractivity contribution in [2.75, 3.05) is 18.5 Å². The van der Waals surface area contributed by atoms with Gasteiger partial charge in [-0.25, -0.2) is 4.79 Å². The maximum Gasteiger partial charge on any atom is 0.411 e. The zero-order valence-corrected chi connectivity index (χ0v) is 15.0. The zero-order chi connectivity index (χ0) is 17.7. The van der Waals surface area contributed by atoms with Gasteiger partial charge in [-0.2, -0.15) is 0 Å². The van der Waals surface area contributed by atoms with E-state index in [1.54, 1.807) is 18.2 Å². The molecule has 2 rings (SSSR count). The summed E-state index contributed by atoms with van der Waals surface area (Å²) < 4.78 is 5.19. The first kappa shape index (κ1) is 18.6. The second-order valence-corrected chi connectivity index (χ2v) is 7.21. The lowest BCUT2D eigenvalue weighted by molar-refractivity contribution is -0.123. The van der Waals surface area contributed by atoms with E-state index in [-0.39, 0.29) is 40.8 Å². The third-order valence-corrected chi connectivity index (χ3v) is 4.41. The number of rotatable bonds is 6. The van der Waals surface area contributed by atoms with Gasteiger partial charge in [0.25, 0.3) is 0 Å². The number of ether oxygens (including phenoxy) is 1. The third-order valence-electron chi connectivity index (χ3n) is 4.15. The van der Waals surface area contributed by atoms with Crippen LogP contribution in [0.5, 0.6) is 0 Å². The number of para-hydroxylation sites is 1. The van der Waals surface area contributed by atoms with Crippen molar-refractivity contribution in [1.82, 2.24) is 5.32 Å². The largest absolute Gasteiger partial charge is 0.447 e. The van der Waals surface area contributed by atoms with Gasteiger partial charge in [-0.1, -0.05) is 55.2 Å². The molecular formula is C17H20Cl2N2O3. The predicted octanol–water partition coefficient (Wildman–Crippen LogP) is 3.94. The maximum atomic E-state index is 12.2. The Hall–Kier alpha value is -1.72. The molecule has 0 aliphatic heterocycles. The summed E-state index contributed by atoms with van der Waals surface area (Å²) in [6, 6.07) is 8.99. The normalized spacial score (nSPS) is 20.7. The van der Waals surface area contributed by atoms with Crippen molar-refractivity contribution in [2.24, 2.45) is 17.3 Å². The first-order chi connectivity index (χ1) is 11.3. The van der Waals surface area contributed by atoms with Crippen molar-refractivity contribution < 1.29 is 14.3 Å². The van der Waals surface area contributed by atoms with Crippen LogP contribution in [0.25, 0.3) is 0 Å². The highest BCUT2D eigenvalue weighted by molar-refractivity contribution is 6.55. The fourth-order valence-electron chi connectivity index (χ4n) is 2.73. The standard InChI is InChI=1S/C17H20Cl2N2O3/c1-17(2)12(10-13(18)19)14(17)15(22)20-8-9-24-16(23)21-11-6-4-3-5-7-11/h3-7,10,12,14H,8-9H2,1-2H3,(H,20,22)(H,21,23)/t12-,14+/m1/s1. The number of allylic oxidation sites excluding steroid dienone is 1. The Labute approximate surface area is 151 Å². The molecule has 1 saturated carbocycles. The summed E-state index contributed by atoms with van der Waals surface area (Å²) in [6.45, 7) is 4.31. The predicted molar refractivity (Wildman–Crippen MR) is 95.0 cm³/mol. The number of benzene rings is 1. The SMILES string of the molecule is CC1(C)[C@H](C=C(Cl)Cl)[C@H]1C(=O)NCCOC(=O)Nc1ccccc1. The van der Waals surface area contributed by atoms with Crippen molar-refractivity contribution in [1.29, 1.82) is 0 Å². The number of hydrogen-bond acceptors (Lipinski definition) is 3. The Morgan fingerprint density at radius 1 is 1.25 bits per heavy atom. The van der Waals surface area contributed by atoms with Crippen LogP contribution >= 0.6 is 23.2 Å². The molecule has 2 amide bonds. The van der Waals surface area contributed by atoms with Crippen LogP contribution in [0.15, 0.2) is 40.9 Å². The topological polar surface area (TPSA) is 67.4 Å². The molecule has 7 heteroatoms. The molecule has 1 aromatic carbocycles. The van der Waals surface area contributed by atoms with Gasteiger partial charge in [-0.05, 0) is 29.5 Å². The van der Waals surface area contributed by atoms with Crippen molar-refractivity contribution in [2.45, 2.75) is 13.8 Å². The first-order valence-corrected chi connectivity index (χ1v) is 8.37. The van der Waals surface area contributed by atoms with E-state index in [9.17, 15) is 9.59 Å². The molecule has 5 nitrogen and oxygen atoms in total. The van der Waals surface area contributed by atoms with Gasteiger partial charge in [0.15, 0.2) is 0 Å². The molecule has 1 aliphatic rings. The fraction of sp³-hybridized carbons (Fsp3) is 0.412. The van der Waals surface area contributed by atoms with Crippen molar-refractivity contribution in [3.8, 4) is 0 Å². The molecule has 130 valence electrons. The van der Waals surface area contributed by atoms with Crippen LogP contribution in [0.2, 0.25) is 0 Å². The average molecular weight is 371 g/mol. The van der Waals surface area contributed by atoms with Crippen LogP contribution in [0.4, 0.5) is 10.5 Å². The van der Waals surface area contributed by atoms with Gasteiger partial charge in [0, 0.05) is 5.69 Å². The van der Waals surface area contributed by atoms with Crippen LogP contribution < -0.4 is 10.6 Å². The first-order valence-electron chi connectivity index (χ1n) is 7.61. The Kier molecular flexibility index (Phi) is 6.13. The molecule has 0 aromatic heterocycles. The van der Waals surface area contributed by atoms with E-state index in [2.05, 4.69) is 10.6 Å². The van der Waals surface area contributed by atoms with E-state index in [0.717, 1.165) is 0 Å². The average Bonchev–Trinajstić information content (AvgIpc) is 3.04. The van der Waals surface area contributed by atoms with Gasteiger partial charge in [0.05, 0.1) is 12.5 Å². The Morgan fingerprint density at radius 3 is 2.54 bits per heavy atom. The van der Waals surface area contributed by atoms with Crippen LogP contribution in [-0.4, -0.2) is 25.2 Å². The molecular weight excluding hydrogens is 351 g/mol. The minimum Gasteiger partial charge on any atom is -0.447 e. The lowest BCUT2D eigenvalue weighted by atomic mass is 10.1. The summed E-state index contributed by atoms with van der Waals surface area (Å²) in [5.74, 6) is -0.254. The van der Waals surface area contributed by atoms with Crippen molar-refractivity contribution >= 4 is 40.9 Å². The summed E-state index contributed by atoms with van der Waals surface area (Å²) in [7, 11) is 0. The van der Waals surface area contributed by atoms with Crippen LogP contribution in [0, 0.1) is 17.3 Å². The summed E-state index contributed by atoms with van der Waals surface area (Å²) in [5, 5.41) is 5.36. The number of hydrogen-bond donors (Lipinski definition) is 2. The van der Waals surface area contributed by atoms with Crippen LogP contribution in [0.3, 0.4) is 0 Å². The van der Waals surface area contributed by atoms with Gasteiger partial charge in [0.1, 0.15) is 11.1 Å². The molecule has 0 unspecified atom stereocenters. The van der Waals surface area contributed by atoms with Gasteiger partial charge in [-0.15, -0.1) is 0 Å². The molecule has 0 saturated heterocycles. The molecule has 24 heavy (non-hydrogen) atoms.